The molecule has 0 heterocycles. The highest BCUT2D eigenvalue weighted by molar-refractivity contribution is 5.67. The Labute approximate surface area is 127 Å². The van der Waals surface area contributed by atoms with Crippen LogP contribution in [0.5, 0.6) is 0 Å². The summed E-state index contributed by atoms with van der Waals surface area (Å²) in [5, 5.41) is 22.6. The SMILES string of the molecule is CC(C)CNC(CC(=O)O)C(O)c1ccc(C(C)C)cc1. The van der Waals surface area contributed by atoms with Crippen molar-refractivity contribution in [1.82, 2.24) is 5.32 Å². The van der Waals surface area contributed by atoms with Crippen LogP contribution in [-0.2, 0) is 4.79 Å². The van der Waals surface area contributed by atoms with E-state index < -0.39 is 18.1 Å². The number of hydrogen-bond donors (Lipinski definition) is 3. The van der Waals surface area contributed by atoms with Crippen molar-refractivity contribution >= 4 is 5.97 Å². The molecule has 118 valence electrons. The Morgan fingerprint density at radius 2 is 1.62 bits per heavy atom. The highest BCUT2D eigenvalue weighted by Gasteiger charge is 2.23. The van der Waals surface area contributed by atoms with Crippen molar-refractivity contribution in [3.05, 3.63) is 35.4 Å². The Kier molecular flexibility index (Phi) is 6.85. The zero-order valence-electron chi connectivity index (χ0n) is 13.3. The molecule has 2 atom stereocenters. The lowest BCUT2D eigenvalue weighted by molar-refractivity contribution is -0.138. The lowest BCUT2D eigenvalue weighted by Crippen LogP contribution is -2.38. The average molecular weight is 293 g/mol. The van der Waals surface area contributed by atoms with Gasteiger partial charge in [-0.3, -0.25) is 4.79 Å². The minimum Gasteiger partial charge on any atom is -0.481 e. The van der Waals surface area contributed by atoms with Crippen LogP contribution in [0, 0.1) is 5.92 Å². The average Bonchev–Trinajstić information content (AvgIpc) is 2.42. The molecule has 0 fully saturated rings. The molecule has 1 aromatic carbocycles. The molecule has 0 radical (unpaired) electrons. The molecule has 3 N–H and O–H groups in total. The molecule has 1 aromatic rings. The zero-order chi connectivity index (χ0) is 16.0. The fourth-order valence-electron chi connectivity index (χ4n) is 2.18. The Bertz CT molecular complexity index is 440. The van der Waals surface area contributed by atoms with Crippen LogP contribution >= 0.6 is 0 Å². The number of carboxylic acid groups (broad SMARTS) is 1. The van der Waals surface area contributed by atoms with E-state index in [2.05, 4.69) is 33.0 Å². The van der Waals surface area contributed by atoms with E-state index in [1.54, 1.807) is 0 Å². The molecule has 0 aliphatic heterocycles. The summed E-state index contributed by atoms with van der Waals surface area (Å²) in [7, 11) is 0. The quantitative estimate of drug-likeness (QED) is 0.689. The summed E-state index contributed by atoms with van der Waals surface area (Å²) < 4.78 is 0. The first kappa shape index (κ1) is 17.7. The van der Waals surface area contributed by atoms with Gasteiger partial charge in [0.2, 0.25) is 0 Å². The van der Waals surface area contributed by atoms with Crippen molar-refractivity contribution in [1.29, 1.82) is 0 Å². The topological polar surface area (TPSA) is 69.6 Å². The lowest BCUT2D eigenvalue weighted by atomic mass is 9.95. The van der Waals surface area contributed by atoms with E-state index in [1.165, 1.54) is 5.56 Å². The van der Waals surface area contributed by atoms with Crippen molar-refractivity contribution in [3.8, 4) is 0 Å². The maximum absolute atomic E-state index is 11.0. The summed E-state index contributed by atoms with van der Waals surface area (Å²) in [6.45, 7) is 9.01. The van der Waals surface area contributed by atoms with Crippen molar-refractivity contribution in [2.45, 2.75) is 52.2 Å². The summed E-state index contributed by atoms with van der Waals surface area (Å²) in [5.41, 5.74) is 1.96. The van der Waals surface area contributed by atoms with Crippen LogP contribution in [0.15, 0.2) is 24.3 Å². The third-order valence-electron chi connectivity index (χ3n) is 3.51. The highest BCUT2D eigenvalue weighted by Crippen LogP contribution is 2.22. The largest absolute Gasteiger partial charge is 0.481 e. The first-order valence-corrected chi connectivity index (χ1v) is 7.54. The van der Waals surface area contributed by atoms with Gasteiger partial charge in [-0.25, -0.2) is 0 Å². The molecular weight excluding hydrogens is 266 g/mol. The first-order valence-electron chi connectivity index (χ1n) is 7.54. The second-order valence-electron chi connectivity index (χ2n) is 6.27. The Morgan fingerprint density at radius 3 is 2.05 bits per heavy atom. The zero-order valence-corrected chi connectivity index (χ0v) is 13.3. The van der Waals surface area contributed by atoms with Gasteiger partial charge in [0.25, 0.3) is 0 Å². The number of aliphatic hydroxyl groups excluding tert-OH is 1. The molecule has 0 saturated heterocycles. The summed E-state index contributed by atoms with van der Waals surface area (Å²) in [6, 6.07) is 7.26. The molecule has 0 amide bonds. The predicted octanol–water partition coefficient (Wildman–Crippen LogP) is 2.93. The molecular formula is C17H27NO3. The fraction of sp³-hybridized carbons (Fsp3) is 0.588. The number of aliphatic carboxylic acids is 1. The molecule has 4 nitrogen and oxygen atoms in total. The van der Waals surface area contributed by atoms with Gasteiger partial charge in [0.1, 0.15) is 0 Å². The molecule has 21 heavy (non-hydrogen) atoms. The van der Waals surface area contributed by atoms with Crippen molar-refractivity contribution < 1.29 is 15.0 Å². The summed E-state index contributed by atoms with van der Waals surface area (Å²) in [6.07, 6.45) is -0.916. The number of carboxylic acids is 1. The monoisotopic (exact) mass is 293 g/mol. The number of benzene rings is 1. The van der Waals surface area contributed by atoms with Crippen LogP contribution in [0.3, 0.4) is 0 Å². The Balaban J connectivity index is 2.82. The minimum absolute atomic E-state index is 0.0974. The minimum atomic E-state index is -0.908. The molecule has 0 aromatic heterocycles. The summed E-state index contributed by atoms with van der Waals surface area (Å²) in [5.74, 6) is -0.0732. The van der Waals surface area contributed by atoms with Gasteiger partial charge in [-0.05, 0) is 29.5 Å². The molecule has 0 aliphatic carbocycles. The van der Waals surface area contributed by atoms with E-state index in [0.29, 0.717) is 18.4 Å². The van der Waals surface area contributed by atoms with Crippen molar-refractivity contribution in [2.24, 2.45) is 5.92 Å². The Morgan fingerprint density at radius 1 is 1.10 bits per heavy atom. The Hall–Kier alpha value is -1.39. The molecule has 0 spiro atoms. The van der Waals surface area contributed by atoms with Crippen LogP contribution in [0.1, 0.15) is 57.3 Å². The van der Waals surface area contributed by atoms with Crippen LogP contribution in [0.2, 0.25) is 0 Å². The van der Waals surface area contributed by atoms with Gasteiger partial charge in [-0.1, -0.05) is 52.0 Å². The summed E-state index contributed by atoms with van der Waals surface area (Å²) in [4.78, 5) is 11.0. The number of hydrogen-bond acceptors (Lipinski definition) is 3. The van der Waals surface area contributed by atoms with Gasteiger partial charge in [-0.2, -0.15) is 0 Å². The van der Waals surface area contributed by atoms with Gasteiger partial charge in [0.05, 0.1) is 12.5 Å². The number of aliphatic hydroxyl groups is 1. The second kappa shape index (κ2) is 8.15. The van der Waals surface area contributed by atoms with E-state index in [-0.39, 0.29) is 6.42 Å². The normalized spacial score (nSPS) is 14.4. The number of carbonyl (C=O) groups is 1. The molecule has 1 rings (SSSR count). The maximum atomic E-state index is 11.0. The number of rotatable bonds is 8. The van der Waals surface area contributed by atoms with E-state index in [1.807, 2.05) is 24.3 Å². The second-order valence-corrected chi connectivity index (χ2v) is 6.27. The third-order valence-corrected chi connectivity index (χ3v) is 3.51. The van der Waals surface area contributed by atoms with Crippen LogP contribution in [0.4, 0.5) is 0 Å². The lowest BCUT2D eigenvalue weighted by Gasteiger charge is -2.24. The van der Waals surface area contributed by atoms with Gasteiger partial charge in [0, 0.05) is 6.04 Å². The fourth-order valence-corrected chi connectivity index (χ4v) is 2.18. The molecule has 0 bridgehead atoms. The van der Waals surface area contributed by atoms with Crippen LogP contribution in [-0.4, -0.2) is 28.8 Å². The molecule has 0 saturated carbocycles. The van der Waals surface area contributed by atoms with Crippen LogP contribution < -0.4 is 5.32 Å². The van der Waals surface area contributed by atoms with Gasteiger partial charge in [0.15, 0.2) is 0 Å². The smallest absolute Gasteiger partial charge is 0.305 e. The maximum Gasteiger partial charge on any atom is 0.305 e. The highest BCUT2D eigenvalue weighted by atomic mass is 16.4. The molecule has 0 aliphatic rings. The number of nitrogens with one attached hydrogen (secondary N) is 1. The summed E-state index contributed by atoms with van der Waals surface area (Å²) >= 11 is 0. The predicted molar refractivity (Wildman–Crippen MR) is 84.4 cm³/mol. The van der Waals surface area contributed by atoms with E-state index in [0.717, 1.165) is 5.56 Å². The van der Waals surface area contributed by atoms with Gasteiger partial charge < -0.3 is 15.5 Å². The van der Waals surface area contributed by atoms with Crippen LogP contribution in [0.25, 0.3) is 0 Å². The van der Waals surface area contributed by atoms with E-state index >= 15 is 0 Å². The van der Waals surface area contributed by atoms with Crippen molar-refractivity contribution in [2.75, 3.05) is 6.54 Å². The first-order chi connectivity index (χ1) is 9.81. The van der Waals surface area contributed by atoms with Crippen molar-refractivity contribution in [3.63, 3.8) is 0 Å². The standard InChI is InChI=1S/C17H27NO3/c1-11(2)10-18-15(9-16(19)20)17(21)14-7-5-13(6-8-14)12(3)4/h5-8,11-12,15,17-18,21H,9-10H2,1-4H3,(H,19,20). The molecule has 4 heteroatoms. The van der Waals surface area contributed by atoms with Gasteiger partial charge in [-0.15, -0.1) is 0 Å². The van der Waals surface area contributed by atoms with Gasteiger partial charge >= 0.3 is 5.97 Å². The third kappa shape index (κ3) is 5.86. The van der Waals surface area contributed by atoms with E-state index in [9.17, 15) is 9.90 Å². The molecule has 2 unspecified atom stereocenters. The van der Waals surface area contributed by atoms with E-state index in [4.69, 9.17) is 5.11 Å².